The summed E-state index contributed by atoms with van der Waals surface area (Å²) < 4.78 is 0. The van der Waals surface area contributed by atoms with E-state index < -0.39 is 0 Å². The molecule has 1 fully saturated rings. The Bertz CT molecular complexity index is 411. The highest BCUT2D eigenvalue weighted by molar-refractivity contribution is 7.97. The van der Waals surface area contributed by atoms with E-state index >= 15 is 0 Å². The molecule has 3 rings (SSSR count). The second-order valence-electron chi connectivity index (χ2n) is 4.16. The third kappa shape index (κ3) is 2.93. The molecule has 2 aromatic rings. The molecule has 1 saturated carbocycles. The van der Waals surface area contributed by atoms with Crippen molar-refractivity contribution in [2.24, 2.45) is 0 Å². The van der Waals surface area contributed by atoms with Crippen LogP contribution in [-0.2, 0) is 10.9 Å². The Morgan fingerprint density at radius 3 is 1.47 bits per heavy atom. The van der Waals surface area contributed by atoms with Gasteiger partial charge >= 0.3 is 0 Å². The van der Waals surface area contributed by atoms with Crippen LogP contribution in [0.4, 0.5) is 0 Å². The van der Waals surface area contributed by atoms with Crippen LogP contribution in [-0.4, -0.2) is 5.25 Å². The van der Waals surface area contributed by atoms with Crippen molar-refractivity contribution in [3.05, 3.63) is 60.7 Å². The molecule has 0 spiro atoms. The molecule has 0 aliphatic heterocycles. The summed E-state index contributed by atoms with van der Waals surface area (Å²) >= 11 is 0. The minimum Gasteiger partial charge on any atom is -1.00 e. The van der Waals surface area contributed by atoms with Crippen LogP contribution in [0.2, 0.25) is 0 Å². The van der Waals surface area contributed by atoms with Gasteiger partial charge in [-0.3, -0.25) is 0 Å². The lowest BCUT2D eigenvalue weighted by atomic mass is 10.4. The average molecular weight is 307 g/mol. The number of halogens is 1. The molecule has 0 unspecified atom stereocenters. The predicted molar refractivity (Wildman–Crippen MR) is 69.8 cm³/mol. The molecule has 2 aromatic carbocycles. The van der Waals surface area contributed by atoms with Gasteiger partial charge in [0.15, 0.2) is 9.79 Å². The highest BCUT2D eigenvalue weighted by Gasteiger charge is 2.43. The van der Waals surface area contributed by atoms with Gasteiger partial charge in [0.2, 0.25) is 0 Å². The molecule has 0 N–H and O–H groups in total. The van der Waals surface area contributed by atoms with E-state index in [1.165, 1.54) is 22.6 Å². The van der Waals surface area contributed by atoms with Crippen molar-refractivity contribution in [2.75, 3.05) is 0 Å². The van der Waals surface area contributed by atoms with Crippen LogP contribution < -0.4 is 17.0 Å². The molecule has 0 bridgehead atoms. The molecule has 0 amide bonds. The van der Waals surface area contributed by atoms with Crippen LogP contribution in [0.5, 0.6) is 0 Å². The molecule has 1 aliphatic carbocycles. The van der Waals surface area contributed by atoms with E-state index in [1.54, 1.807) is 0 Å². The zero-order valence-electron chi connectivity index (χ0n) is 9.55. The first kappa shape index (κ1) is 12.7. The summed E-state index contributed by atoms with van der Waals surface area (Å²) in [5.74, 6) is 0. The molecule has 0 aromatic heterocycles. The largest absolute Gasteiger partial charge is 1.00 e. The van der Waals surface area contributed by atoms with Crippen molar-refractivity contribution in [1.82, 2.24) is 0 Å². The summed E-state index contributed by atoms with van der Waals surface area (Å²) in [5, 5.41) is 0.893. The van der Waals surface area contributed by atoms with E-state index in [0.717, 1.165) is 5.25 Å². The van der Waals surface area contributed by atoms with Gasteiger partial charge < -0.3 is 17.0 Å². The fourth-order valence-electron chi connectivity index (χ4n) is 1.96. The number of rotatable bonds is 3. The molecule has 0 radical (unpaired) electrons. The van der Waals surface area contributed by atoms with E-state index in [0.29, 0.717) is 10.9 Å². The summed E-state index contributed by atoms with van der Waals surface area (Å²) in [4.78, 5) is 2.99. The van der Waals surface area contributed by atoms with E-state index in [4.69, 9.17) is 0 Å². The maximum atomic E-state index is 2.27. The Morgan fingerprint density at radius 1 is 0.706 bits per heavy atom. The van der Waals surface area contributed by atoms with E-state index in [2.05, 4.69) is 60.7 Å². The fraction of sp³-hybridized carbons (Fsp3) is 0.200. The Morgan fingerprint density at radius 2 is 1.12 bits per heavy atom. The molecule has 0 heterocycles. The zero-order valence-corrected chi connectivity index (χ0v) is 12.0. The van der Waals surface area contributed by atoms with Crippen LogP contribution in [0.3, 0.4) is 0 Å². The quantitative estimate of drug-likeness (QED) is 0.739. The lowest BCUT2D eigenvalue weighted by Crippen LogP contribution is -3.00. The molecular formula is C15H15BrS. The monoisotopic (exact) mass is 306 g/mol. The molecule has 88 valence electrons. The topological polar surface area (TPSA) is 0 Å². The molecular weight excluding hydrogens is 292 g/mol. The molecule has 0 saturated heterocycles. The average Bonchev–Trinajstić information content (AvgIpc) is 3.17. The second kappa shape index (κ2) is 5.74. The highest BCUT2D eigenvalue weighted by Crippen LogP contribution is 2.39. The van der Waals surface area contributed by atoms with Crippen LogP contribution in [0, 0.1) is 0 Å². The zero-order chi connectivity index (χ0) is 10.8. The van der Waals surface area contributed by atoms with Gasteiger partial charge in [-0.05, 0) is 24.3 Å². The van der Waals surface area contributed by atoms with Gasteiger partial charge in [-0.15, -0.1) is 0 Å². The molecule has 2 heteroatoms. The van der Waals surface area contributed by atoms with Crippen molar-refractivity contribution in [3.8, 4) is 0 Å². The van der Waals surface area contributed by atoms with Crippen LogP contribution in [0.25, 0.3) is 0 Å². The lowest BCUT2D eigenvalue weighted by Gasteiger charge is -2.06. The third-order valence-electron chi connectivity index (χ3n) is 2.85. The maximum Gasteiger partial charge on any atom is 0.160 e. The molecule has 0 atom stereocenters. The maximum absolute atomic E-state index is 2.27. The summed E-state index contributed by atoms with van der Waals surface area (Å²) in [6.07, 6.45) is 2.79. The number of benzene rings is 2. The van der Waals surface area contributed by atoms with Crippen molar-refractivity contribution in [3.63, 3.8) is 0 Å². The van der Waals surface area contributed by atoms with Gasteiger partial charge in [0, 0.05) is 12.8 Å². The Kier molecular flexibility index (Phi) is 4.30. The minimum atomic E-state index is 0. The Balaban J connectivity index is 0.00000108. The summed E-state index contributed by atoms with van der Waals surface area (Å²) in [6.45, 7) is 0. The standard InChI is InChI=1S/C15H15S.BrH/c1-3-7-13(8-4-1)16(15-11-12-15)14-9-5-2-6-10-14;/h1-10,15H,11-12H2;1H/q+1;/p-1. The van der Waals surface area contributed by atoms with Crippen molar-refractivity contribution < 1.29 is 17.0 Å². The summed E-state index contributed by atoms with van der Waals surface area (Å²) in [6, 6.07) is 21.9. The van der Waals surface area contributed by atoms with Gasteiger partial charge in [0.25, 0.3) is 0 Å². The molecule has 1 aliphatic rings. The van der Waals surface area contributed by atoms with Crippen LogP contribution in [0.1, 0.15) is 12.8 Å². The summed E-state index contributed by atoms with van der Waals surface area (Å²) in [7, 11) is 0.308. The minimum absolute atomic E-state index is 0. The Hall–Kier alpha value is -0.730. The van der Waals surface area contributed by atoms with Crippen LogP contribution in [0.15, 0.2) is 70.5 Å². The smallest absolute Gasteiger partial charge is 0.160 e. The third-order valence-corrected chi connectivity index (χ3v) is 5.55. The van der Waals surface area contributed by atoms with E-state index in [1.807, 2.05) is 0 Å². The van der Waals surface area contributed by atoms with Crippen molar-refractivity contribution >= 4 is 10.9 Å². The van der Waals surface area contributed by atoms with Gasteiger partial charge in [-0.1, -0.05) is 36.4 Å². The van der Waals surface area contributed by atoms with Gasteiger partial charge in [0.1, 0.15) is 5.25 Å². The molecule has 0 nitrogen and oxygen atoms in total. The van der Waals surface area contributed by atoms with Gasteiger partial charge in [0.05, 0.1) is 10.9 Å². The van der Waals surface area contributed by atoms with E-state index in [-0.39, 0.29) is 17.0 Å². The molecule has 17 heavy (non-hydrogen) atoms. The first-order chi connectivity index (χ1) is 7.95. The van der Waals surface area contributed by atoms with Crippen molar-refractivity contribution in [2.45, 2.75) is 27.9 Å². The summed E-state index contributed by atoms with van der Waals surface area (Å²) in [5.41, 5.74) is 0. The Labute approximate surface area is 116 Å². The normalized spacial score (nSPS) is 14.4. The van der Waals surface area contributed by atoms with Gasteiger partial charge in [-0.2, -0.15) is 0 Å². The van der Waals surface area contributed by atoms with Gasteiger partial charge in [-0.25, -0.2) is 0 Å². The van der Waals surface area contributed by atoms with Crippen molar-refractivity contribution in [1.29, 1.82) is 0 Å². The number of hydrogen-bond acceptors (Lipinski definition) is 0. The lowest BCUT2D eigenvalue weighted by molar-refractivity contribution is -0.00000314. The SMILES string of the molecule is [Br-].c1ccc([S+](c2ccccc2)C2CC2)cc1. The fourth-order valence-corrected chi connectivity index (χ4v) is 4.51. The second-order valence-corrected chi connectivity index (χ2v) is 6.45. The van der Waals surface area contributed by atoms with E-state index in [9.17, 15) is 0 Å². The first-order valence-electron chi connectivity index (χ1n) is 5.78. The predicted octanol–water partition coefficient (Wildman–Crippen LogP) is 0.889. The highest BCUT2D eigenvalue weighted by atomic mass is 79.9. The number of hydrogen-bond donors (Lipinski definition) is 0. The first-order valence-corrected chi connectivity index (χ1v) is 7.07. The van der Waals surface area contributed by atoms with Crippen LogP contribution >= 0.6 is 0 Å².